The normalized spacial score (nSPS) is 14.8. The molecule has 0 amide bonds. The highest BCUT2D eigenvalue weighted by Crippen LogP contribution is 2.43. The number of phosphoric ester groups is 1. The molecule has 0 aromatic carbocycles. The molecule has 3 atom stereocenters. The number of ether oxygens (including phenoxy) is 2. The quantitative estimate of drug-likeness (QED) is 0.0236. The Morgan fingerprint density at radius 1 is 0.500 bits per heavy atom. The zero-order valence-corrected chi connectivity index (χ0v) is 41.1. The molecule has 0 aromatic rings. The Hall–Kier alpha value is -2.88. The van der Waals surface area contributed by atoms with Crippen LogP contribution in [0, 0.1) is 0 Å². The van der Waals surface area contributed by atoms with Gasteiger partial charge in [0.15, 0.2) is 0 Å². The maximum atomic E-state index is 12.7. The van der Waals surface area contributed by atoms with E-state index in [0.29, 0.717) is 13.0 Å². The van der Waals surface area contributed by atoms with Gasteiger partial charge in [-0.3, -0.25) is 13.8 Å². The van der Waals surface area contributed by atoms with Gasteiger partial charge >= 0.3 is 13.8 Å². The molecule has 0 saturated heterocycles. The van der Waals surface area contributed by atoms with E-state index in [0.717, 1.165) is 89.9 Å². The summed E-state index contributed by atoms with van der Waals surface area (Å²) in [6.07, 6.45) is 64.8. The van der Waals surface area contributed by atoms with Gasteiger partial charge in [-0.15, -0.1) is 0 Å². The molecular weight excluding hydrogens is 824 g/mol. The Balaban J connectivity index is 4.24. The second-order valence-electron chi connectivity index (χ2n) is 16.1. The summed E-state index contributed by atoms with van der Waals surface area (Å²) < 4.78 is 33.4. The molecule has 0 aliphatic rings. The molecular formula is C54H91O9P. The predicted molar refractivity (Wildman–Crippen MR) is 269 cm³/mol. The summed E-state index contributed by atoms with van der Waals surface area (Å²) in [5.74, 6) is -0.432. The van der Waals surface area contributed by atoms with E-state index in [2.05, 4.69) is 123 Å². The maximum Gasteiger partial charge on any atom is 0.472 e. The SMILES string of the molecule is CC/C=C\C/C=C\C/C=C\C/C=C\C/C=C\C/C=C\CCCCC(=O)OC(COCCCCCCCCC/C=C\C/C=C\C/C=C\CCCCCCC)COP(=O)(O)OCC(O)CO. The first-order valence-electron chi connectivity index (χ1n) is 24.9. The van der Waals surface area contributed by atoms with Gasteiger partial charge in [0.1, 0.15) is 12.2 Å². The van der Waals surface area contributed by atoms with Crippen LogP contribution in [0.4, 0.5) is 0 Å². The van der Waals surface area contributed by atoms with Crippen LogP contribution in [0.1, 0.15) is 181 Å². The van der Waals surface area contributed by atoms with Gasteiger partial charge in [-0.05, 0) is 103 Å². The largest absolute Gasteiger partial charge is 0.472 e. The van der Waals surface area contributed by atoms with Crippen LogP contribution in [0.5, 0.6) is 0 Å². The summed E-state index contributed by atoms with van der Waals surface area (Å²) in [4.78, 5) is 22.7. The lowest BCUT2D eigenvalue weighted by atomic mass is 10.1. The average Bonchev–Trinajstić information content (AvgIpc) is 3.29. The molecule has 366 valence electrons. The Kier molecular flexibility index (Phi) is 47.3. The number of allylic oxidation sites excluding steroid dienone is 18. The molecule has 0 radical (unpaired) electrons. The standard InChI is InChI=1S/C54H91O9P/c1-3-5-7-9-11-13-15-17-19-21-23-25-27-29-31-33-35-37-39-41-43-45-47-60-50-53(51-62-64(58,59)61-49-52(56)48-55)63-54(57)46-44-42-40-38-36-34-32-30-28-26-24-22-20-18-16-14-12-10-8-6-4-2/h6,8,12,14-15,17-18,20-21,23-24,26-27,29-30,32,36,38,52-53,55-56H,3-5,7,9-11,13,16,19,22,25,28,31,33-35,37,39-51H2,1-2H3,(H,58,59)/b8-6-,14-12-,17-15-,20-18-,23-21-,26-24-,29-27-,32-30-,38-36-. The van der Waals surface area contributed by atoms with Gasteiger partial charge in [0.25, 0.3) is 0 Å². The van der Waals surface area contributed by atoms with Gasteiger partial charge in [-0.1, -0.05) is 181 Å². The molecule has 0 aliphatic heterocycles. The zero-order valence-electron chi connectivity index (χ0n) is 40.2. The van der Waals surface area contributed by atoms with Gasteiger partial charge in [-0.2, -0.15) is 0 Å². The summed E-state index contributed by atoms with van der Waals surface area (Å²) in [5, 5.41) is 18.4. The van der Waals surface area contributed by atoms with E-state index in [-0.39, 0.29) is 13.0 Å². The minimum absolute atomic E-state index is 0.0170. The fourth-order valence-corrected chi connectivity index (χ4v) is 6.98. The highest BCUT2D eigenvalue weighted by molar-refractivity contribution is 7.47. The first-order chi connectivity index (χ1) is 31.3. The van der Waals surface area contributed by atoms with Crippen LogP contribution in [-0.2, 0) is 27.9 Å². The van der Waals surface area contributed by atoms with Crippen molar-refractivity contribution in [3.8, 4) is 0 Å². The minimum atomic E-state index is -4.55. The predicted octanol–water partition coefficient (Wildman–Crippen LogP) is 14.6. The van der Waals surface area contributed by atoms with Gasteiger partial charge in [0, 0.05) is 13.0 Å². The van der Waals surface area contributed by atoms with E-state index in [1.807, 2.05) is 0 Å². The Morgan fingerprint density at radius 2 is 0.891 bits per heavy atom. The van der Waals surface area contributed by atoms with E-state index in [1.54, 1.807) is 0 Å². The fraction of sp³-hybridized carbons (Fsp3) is 0.648. The second-order valence-corrected chi connectivity index (χ2v) is 17.5. The van der Waals surface area contributed by atoms with Crippen LogP contribution in [0.25, 0.3) is 0 Å². The number of carbonyl (C=O) groups excluding carboxylic acids is 1. The lowest BCUT2D eigenvalue weighted by Gasteiger charge is -2.20. The lowest BCUT2D eigenvalue weighted by molar-refractivity contribution is -0.154. The molecule has 0 aromatic heterocycles. The van der Waals surface area contributed by atoms with Crippen LogP contribution in [0.2, 0.25) is 0 Å². The second kappa shape index (κ2) is 49.6. The van der Waals surface area contributed by atoms with Crippen molar-refractivity contribution in [2.45, 2.75) is 193 Å². The molecule has 0 aliphatic carbocycles. The van der Waals surface area contributed by atoms with Gasteiger partial charge in [0.05, 0.1) is 26.4 Å². The highest BCUT2D eigenvalue weighted by atomic mass is 31.2. The zero-order chi connectivity index (χ0) is 46.7. The molecule has 64 heavy (non-hydrogen) atoms. The average molecular weight is 915 g/mol. The van der Waals surface area contributed by atoms with Crippen molar-refractivity contribution < 1.29 is 43.0 Å². The number of unbranched alkanes of at least 4 members (excludes halogenated alkanes) is 14. The number of carbonyl (C=O) groups is 1. The van der Waals surface area contributed by atoms with E-state index >= 15 is 0 Å². The Morgan fingerprint density at radius 3 is 1.34 bits per heavy atom. The van der Waals surface area contributed by atoms with Gasteiger partial charge in [0.2, 0.25) is 0 Å². The van der Waals surface area contributed by atoms with Crippen molar-refractivity contribution in [1.82, 2.24) is 0 Å². The third-order valence-electron chi connectivity index (χ3n) is 9.94. The molecule has 0 rings (SSSR count). The minimum Gasteiger partial charge on any atom is -0.457 e. The third-order valence-corrected chi connectivity index (χ3v) is 10.9. The van der Waals surface area contributed by atoms with Crippen LogP contribution < -0.4 is 0 Å². The van der Waals surface area contributed by atoms with E-state index in [4.69, 9.17) is 23.6 Å². The molecule has 0 fully saturated rings. The number of aliphatic hydroxyl groups is 2. The topological polar surface area (TPSA) is 132 Å². The van der Waals surface area contributed by atoms with Crippen LogP contribution in [0.15, 0.2) is 109 Å². The van der Waals surface area contributed by atoms with Crippen molar-refractivity contribution in [3.05, 3.63) is 109 Å². The summed E-state index contributed by atoms with van der Waals surface area (Å²) in [6.45, 7) is 3.29. The molecule has 3 unspecified atom stereocenters. The van der Waals surface area contributed by atoms with Crippen molar-refractivity contribution in [2.75, 3.05) is 33.0 Å². The van der Waals surface area contributed by atoms with Crippen LogP contribution >= 0.6 is 7.82 Å². The van der Waals surface area contributed by atoms with Crippen LogP contribution in [-0.4, -0.2) is 66.3 Å². The fourth-order valence-electron chi connectivity index (χ4n) is 6.19. The monoisotopic (exact) mass is 915 g/mol. The molecule has 0 spiro atoms. The number of rotatable bonds is 46. The summed E-state index contributed by atoms with van der Waals surface area (Å²) in [5.41, 5.74) is 0. The number of esters is 1. The smallest absolute Gasteiger partial charge is 0.457 e. The Bertz CT molecular complexity index is 1360. The number of hydrogen-bond donors (Lipinski definition) is 3. The van der Waals surface area contributed by atoms with E-state index < -0.39 is 45.8 Å². The summed E-state index contributed by atoms with van der Waals surface area (Å²) in [6, 6.07) is 0. The van der Waals surface area contributed by atoms with E-state index in [1.165, 1.54) is 64.2 Å². The molecule has 0 saturated carbocycles. The number of aliphatic hydroxyl groups excluding tert-OH is 2. The number of hydrogen-bond acceptors (Lipinski definition) is 8. The Labute approximate surface area is 390 Å². The maximum absolute atomic E-state index is 12.7. The van der Waals surface area contributed by atoms with Crippen LogP contribution in [0.3, 0.4) is 0 Å². The van der Waals surface area contributed by atoms with E-state index in [9.17, 15) is 19.4 Å². The highest BCUT2D eigenvalue weighted by Gasteiger charge is 2.26. The molecule has 0 heterocycles. The first kappa shape index (κ1) is 61.1. The van der Waals surface area contributed by atoms with Crippen molar-refractivity contribution in [1.29, 1.82) is 0 Å². The molecule has 10 heteroatoms. The summed E-state index contributed by atoms with van der Waals surface area (Å²) >= 11 is 0. The molecule has 9 nitrogen and oxygen atoms in total. The van der Waals surface area contributed by atoms with Crippen molar-refractivity contribution >= 4 is 13.8 Å². The van der Waals surface area contributed by atoms with Gasteiger partial charge in [-0.25, -0.2) is 4.57 Å². The third kappa shape index (κ3) is 48.6. The lowest BCUT2D eigenvalue weighted by Crippen LogP contribution is -2.29. The molecule has 3 N–H and O–H groups in total. The van der Waals surface area contributed by atoms with Gasteiger partial charge < -0.3 is 24.6 Å². The molecule has 0 bridgehead atoms. The van der Waals surface area contributed by atoms with Crippen molar-refractivity contribution in [2.24, 2.45) is 0 Å². The summed E-state index contributed by atoms with van der Waals surface area (Å²) in [7, 11) is -4.55. The number of phosphoric acid groups is 1. The van der Waals surface area contributed by atoms with Crippen molar-refractivity contribution in [3.63, 3.8) is 0 Å². The first-order valence-corrected chi connectivity index (χ1v) is 26.4.